The third-order valence-corrected chi connectivity index (χ3v) is 4.61. The fraction of sp³-hybridized carbons (Fsp3) is 0.538. The lowest BCUT2D eigenvalue weighted by atomic mass is 9.99. The van der Waals surface area contributed by atoms with E-state index in [9.17, 15) is 4.79 Å². The Bertz CT molecular complexity index is 404. The van der Waals surface area contributed by atoms with Gasteiger partial charge in [0.25, 0.3) is 5.91 Å². The van der Waals surface area contributed by atoms with Crippen LogP contribution in [0.2, 0.25) is 0 Å². The van der Waals surface area contributed by atoms with E-state index in [0.717, 1.165) is 25.2 Å². The maximum atomic E-state index is 12.2. The van der Waals surface area contributed by atoms with Gasteiger partial charge in [-0.2, -0.15) is 0 Å². The van der Waals surface area contributed by atoms with Gasteiger partial charge in [-0.3, -0.25) is 9.78 Å². The first kappa shape index (κ1) is 12.6. The normalized spacial score (nSPS) is 24.8. The van der Waals surface area contributed by atoms with Crippen molar-refractivity contribution in [2.45, 2.75) is 25.1 Å². The van der Waals surface area contributed by atoms with Crippen LogP contribution in [-0.2, 0) is 0 Å². The molecule has 4 heteroatoms. The maximum absolute atomic E-state index is 12.2. The Morgan fingerprint density at radius 2 is 2.29 bits per heavy atom. The predicted octanol–water partition coefficient (Wildman–Crippen LogP) is 2.64. The highest BCUT2D eigenvalue weighted by Gasteiger charge is 2.27. The van der Waals surface area contributed by atoms with Crippen LogP contribution in [0.25, 0.3) is 0 Å². The molecule has 2 atom stereocenters. The van der Waals surface area contributed by atoms with E-state index < -0.39 is 0 Å². The number of hydrogen-bond donors (Lipinski definition) is 0. The van der Waals surface area contributed by atoms with Gasteiger partial charge in [-0.25, -0.2) is 0 Å². The summed E-state index contributed by atoms with van der Waals surface area (Å²) in [6.07, 6.45) is 2.69. The molecule has 1 amide bonds. The fourth-order valence-electron chi connectivity index (χ4n) is 2.08. The molecule has 0 aromatic carbocycles. The Morgan fingerprint density at radius 1 is 1.53 bits per heavy atom. The number of aryl methyl sites for hydroxylation is 1. The van der Waals surface area contributed by atoms with E-state index in [2.05, 4.69) is 27.8 Å². The molecule has 0 saturated carbocycles. The summed E-state index contributed by atoms with van der Waals surface area (Å²) in [4.78, 5) is 18.9. The van der Waals surface area contributed by atoms with E-state index in [0.29, 0.717) is 16.3 Å². The molecule has 3 nitrogen and oxygen atoms in total. The van der Waals surface area contributed by atoms with Gasteiger partial charge in [0.15, 0.2) is 0 Å². The Hall–Kier alpha value is -0.900. The maximum Gasteiger partial charge on any atom is 0.255 e. The van der Waals surface area contributed by atoms with Crippen LogP contribution in [-0.4, -0.2) is 33.7 Å². The number of hydrogen-bond acceptors (Lipinski definition) is 2. The number of carbonyl (C=O) groups is 1. The number of alkyl halides is 1. The Balaban J connectivity index is 2.08. The smallest absolute Gasteiger partial charge is 0.255 e. The standard InChI is InChI=1S/C13H17BrN2O/c1-9-8-16(6-5-12(9)14)13(17)11-4-3-10(2)15-7-11/h3-4,7,9,12H,5-6,8H2,1-2H3. The van der Waals surface area contributed by atoms with Crippen molar-refractivity contribution in [1.82, 2.24) is 9.88 Å². The number of carbonyl (C=O) groups excluding carboxylic acids is 1. The summed E-state index contributed by atoms with van der Waals surface area (Å²) in [6, 6.07) is 3.74. The largest absolute Gasteiger partial charge is 0.338 e. The monoisotopic (exact) mass is 296 g/mol. The molecule has 1 aliphatic rings. The lowest BCUT2D eigenvalue weighted by Crippen LogP contribution is -2.43. The summed E-state index contributed by atoms with van der Waals surface area (Å²) in [6.45, 7) is 5.74. The van der Waals surface area contributed by atoms with E-state index in [1.54, 1.807) is 6.20 Å². The first-order valence-corrected chi connectivity index (χ1v) is 6.85. The molecule has 0 spiro atoms. The third-order valence-electron chi connectivity index (χ3n) is 3.25. The molecule has 0 radical (unpaired) electrons. The highest BCUT2D eigenvalue weighted by molar-refractivity contribution is 9.09. The molecular weight excluding hydrogens is 280 g/mol. The van der Waals surface area contributed by atoms with Gasteiger partial charge in [-0.05, 0) is 31.4 Å². The Kier molecular flexibility index (Phi) is 3.82. The number of halogens is 1. The number of rotatable bonds is 1. The highest BCUT2D eigenvalue weighted by Crippen LogP contribution is 2.24. The second-order valence-corrected chi connectivity index (χ2v) is 5.90. The SMILES string of the molecule is Cc1ccc(C(=O)N2CCC(Br)C(C)C2)cn1. The van der Waals surface area contributed by atoms with Gasteiger partial charge in [-0.1, -0.05) is 22.9 Å². The average Bonchev–Trinajstić information content (AvgIpc) is 2.33. The minimum absolute atomic E-state index is 0.101. The first-order chi connectivity index (χ1) is 8.08. The highest BCUT2D eigenvalue weighted by atomic mass is 79.9. The molecule has 1 aliphatic heterocycles. The summed E-state index contributed by atoms with van der Waals surface area (Å²) < 4.78 is 0. The molecule has 2 rings (SSSR count). The Labute approximate surface area is 110 Å². The first-order valence-electron chi connectivity index (χ1n) is 5.94. The van der Waals surface area contributed by atoms with Crippen LogP contribution >= 0.6 is 15.9 Å². The Morgan fingerprint density at radius 3 is 2.88 bits per heavy atom. The van der Waals surface area contributed by atoms with E-state index in [1.165, 1.54) is 0 Å². The second kappa shape index (κ2) is 5.17. The van der Waals surface area contributed by atoms with Gasteiger partial charge in [0.2, 0.25) is 0 Å². The van der Waals surface area contributed by atoms with E-state index >= 15 is 0 Å². The molecule has 1 aromatic rings. The summed E-state index contributed by atoms with van der Waals surface area (Å²) >= 11 is 3.65. The van der Waals surface area contributed by atoms with Crippen LogP contribution < -0.4 is 0 Å². The quantitative estimate of drug-likeness (QED) is 0.747. The van der Waals surface area contributed by atoms with Crippen LogP contribution in [0.1, 0.15) is 29.4 Å². The van der Waals surface area contributed by atoms with Gasteiger partial charge in [0, 0.05) is 29.8 Å². The van der Waals surface area contributed by atoms with Gasteiger partial charge in [-0.15, -0.1) is 0 Å². The average molecular weight is 297 g/mol. The van der Waals surface area contributed by atoms with Gasteiger partial charge in [0.05, 0.1) is 5.56 Å². The number of pyridine rings is 1. The van der Waals surface area contributed by atoms with Gasteiger partial charge >= 0.3 is 0 Å². The van der Waals surface area contributed by atoms with Crippen molar-refractivity contribution in [3.63, 3.8) is 0 Å². The van der Waals surface area contributed by atoms with Crippen LogP contribution in [0.3, 0.4) is 0 Å². The van der Waals surface area contributed by atoms with Gasteiger partial charge < -0.3 is 4.90 Å². The van der Waals surface area contributed by atoms with Crippen LogP contribution in [0.5, 0.6) is 0 Å². The molecule has 1 saturated heterocycles. The number of piperidine rings is 1. The fourth-order valence-corrected chi connectivity index (χ4v) is 2.45. The van der Waals surface area contributed by atoms with Crippen molar-refractivity contribution in [3.05, 3.63) is 29.6 Å². The summed E-state index contributed by atoms with van der Waals surface area (Å²) in [7, 11) is 0. The molecule has 2 heterocycles. The minimum Gasteiger partial charge on any atom is -0.338 e. The van der Waals surface area contributed by atoms with Crippen LogP contribution in [0.15, 0.2) is 18.3 Å². The van der Waals surface area contributed by atoms with Crippen molar-refractivity contribution in [1.29, 1.82) is 0 Å². The third kappa shape index (κ3) is 2.86. The number of nitrogens with zero attached hydrogens (tertiary/aromatic N) is 2. The predicted molar refractivity (Wildman–Crippen MR) is 71.4 cm³/mol. The lowest BCUT2D eigenvalue weighted by Gasteiger charge is -2.34. The molecule has 0 bridgehead atoms. The van der Waals surface area contributed by atoms with Crippen LogP contribution in [0.4, 0.5) is 0 Å². The van der Waals surface area contributed by atoms with Crippen molar-refractivity contribution in [2.75, 3.05) is 13.1 Å². The molecular formula is C13H17BrN2O. The summed E-state index contributed by atoms with van der Waals surface area (Å²) in [5, 5.41) is 0. The zero-order chi connectivity index (χ0) is 12.4. The van der Waals surface area contributed by atoms with E-state index in [4.69, 9.17) is 0 Å². The molecule has 17 heavy (non-hydrogen) atoms. The minimum atomic E-state index is 0.101. The van der Waals surface area contributed by atoms with Crippen molar-refractivity contribution in [3.8, 4) is 0 Å². The van der Waals surface area contributed by atoms with Crippen molar-refractivity contribution < 1.29 is 4.79 Å². The summed E-state index contributed by atoms with van der Waals surface area (Å²) in [5.41, 5.74) is 1.63. The lowest BCUT2D eigenvalue weighted by molar-refractivity contribution is 0.0690. The van der Waals surface area contributed by atoms with Crippen molar-refractivity contribution >= 4 is 21.8 Å². The van der Waals surface area contributed by atoms with Gasteiger partial charge in [0.1, 0.15) is 0 Å². The van der Waals surface area contributed by atoms with E-state index in [1.807, 2.05) is 24.0 Å². The zero-order valence-corrected chi connectivity index (χ0v) is 11.8. The van der Waals surface area contributed by atoms with Crippen LogP contribution in [0, 0.1) is 12.8 Å². The molecule has 0 N–H and O–H groups in total. The number of amides is 1. The van der Waals surface area contributed by atoms with E-state index in [-0.39, 0.29) is 5.91 Å². The molecule has 0 aliphatic carbocycles. The molecule has 92 valence electrons. The molecule has 1 aromatic heterocycles. The zero-order valence-electron chi connectivity index (χ0n) is 10.2. The summed E-state index contributed by atoms with van der Waals surface area (Å²) in [5.74, 6) is 0.606. The topological polar surface area (TPSA) is 33.2 Å². The number of aromatic nitrogens is 1. The molecule has 1 fully saturated rings. The van der Waals surface area contributed by atoms with Crippen molar-refractivity contribution in [2.24, 2.45) is 5.92 Å². The second-order valence-electron chi connectivity index (χ2n) is 4.72. The molecule has 2 unspecified atom stereocenters. The number of likely N-dealkylation sites (tertiary alicyclic amines) is 1.